The van der Waals surface area contributed by atoms with E-state index in [0.717, 1.165) is 5.69 Å². The van der Waals surface area contributed by atoms with Crippen LogP contribution in [0.4, 0.5) is 5.13 Å². The van der Waals surface area contributed by atoms with Crippen molar-refractivity contribution in [3.05, 3.63) is 11.1 Å². The Balaban J connectivity index is 2.24. The maximum absolute atomic E-state index is 11.5. The molecule has 0 spiro atoms. The fourth-order valence-electron chi connectivity index (χ4n) is 0.966. The Labute approximate surface area is 108 Å². The number of aliphatic carboxylic acids is 1. The molecule has 94 valence electrons. The maximum Gasteiger partial charge on any atom is 0.307 e. The highest BCUT2D eigenvalue weighted by molar-refractivity contribution is 8.00. The van der Waals surface area contributed by atoms with Crippen LogP contribution in [-0.4, -0.2) is 33.5 Å². The van der Waals surface area contributed by atoms with Gasteiger partial charge < -0.3 is 10.4 Å². The van der Waals surface area contributed by atoms with Crippen LogP contribution >= 0.6 is 23.1 Å². The molecule has 2 N–H and O–H groups in total. The lowest BCUT2D eigenvalue weighted by Gasteiger charge is -2.05. The van der Waals surface area contributed by atoms with E-state index in [2.05, 4.69) is 10.3 Å². The second kappa shape index (κ2) is 6.61. The van der Waals surface area contributed by atoms with Crippen LogP contribution in [0.3, 0.4) is 0 Å². The van der Waals surface area contributed by atoms with Crippen LogP contribution in [0.15, 0.2) is 5.38 Å². The van der Waals surface area contributed by atoms with Gasteiger partial charge in [0.15, 0.2) is 5.13 Å². The summed E-state index contributed by atoms with van der Waals surface area (Å²) in [6.07, 6.45) is 0. The zero-order valence-electron chi connectivity index (χ0n) is 9.60. The third-order valence-electron chi connectivity index (χ3n) is 1.89. The number of anilines is 1. The molecule has 0 aliphatic heterocycles. The normalized spacial score (nSPS) is 12.1. The van der Waals surface area contributed by atoms with Gasteiger partial charge in [0, 0.05) is 11.1 Å². The lowest BCUT2D eigenvalue weighted by atomic mass is 10.2. The van der Waals surface area contributed by atoms with Crippen molar-refractivity contribution in [3.63, 3.8) is 0 Å². The molecular formula is C10H14N2O3S2. The number of amides is 1. The lowest BCUT2D eigenvalue weighted by Crippen LogP contribution is -2.17. The van der Waals surface area contributed by atoms with E-state index in [4.69, 9.17) is 5.11 Å². The van der Waals surface area contributed by atoms with Crippen LogP contribution in [0, 0.1) is 12.8 Å². The van der Waals surface area contributed by atoms with Crippen molar-refractivity contribution in [1.29, 1.82) is 0 Å². The Hall–Kier alpha value is -1.08. The number of thiazole rings is 1. The molecule has 17 heavy (non-hydrogen) atoms. The Morgan fingerprint density at radius 3 is 2.88 bits per heavy atom. The predicted molar refractivity (Wildman–Crippen MR) is 69.6 cm³/mol. The number of aryl methyl sites for hydroxylation is 1. The highest BCUT2D eigenvalue weighted by atomic mass is 32.2. The average Bonchev–Trinajstić information content (AvgIpc) is 2.63. The van der Waals surface area contributed by atoms with Crippen molar-refractivity contribution in [3.8, 4) is 0 Å². The molecular weight excluding hydrogens is 260 g/mol. The smallest absolute Gasteiger partial charge is 0.307 e. The highest BCUT2D eigenvalue weighted by Gasteiger charge is 2.12. The molecule has 0 saturated carbocycles. The van der Waals surface area contributed by atoms with Crippen molar-refractivity contribution in [2.24, 2.45) is 5.92 Å². The van der Waals surface area contributed by atoms with Gasteiger partial charge in [0.25, 0.3) is 0 Å². The maximum atomic E-state index is 11.5. The fraction of sp³-hybridized carbons (Fsp3) is 0.500. The monoisotopic (exact) mass is 274 g/mol. The molecule has 1 heterocycles. The number of carbonyl (C=O) groups excluding carboxylic acids is 1. The van der Waals surface area contributed by atoms with Gasteiger partial charge in [-0.2, -0.15) is 11.8 Å². The lowest BCUT2D eigenvalue weighted by molar-refractivity contribution is -0.140. The van der Waals surface area contributed by atoms with Crippen LogP contribution in [0.25, 0.3) is 0 Å². The van der Waals surface area contributed by atoms with Gasteiger partial charge in [-0.05, 0) is 6.92 Å². The zero-order chi connectivity index (χ0) is 12.8. The fourth-order valence-corrected chi connectivity index (χ4v) is 2.54. The van der Waals surface area contributed by atoms with Crippen molar-refractivity contribution in [2.75, 3.05) is 16.8 Å². The molecule has 1 rings (SSSR count). The number of thioether (sulfide) groups is 1. The number of nitrogens with one attached hydrogen (secondary N) is 1. The Bertz CT molecular complexity index is 406. The number of nitrogens with zero attached hydrogens (tertiary/aromatic N) is 1. The van der Waals surface area contributed by atoms with Gasteiger partial charge in [-0.15, -0.1) is 11.3 Å². The largest absolute Gasteiger partial charge is 0.481 e. The van der Waals surface area contributed by atoms with E-state index in [0.29, 0.717) is 10.9 Å². The minimum absolute atomic E-state index is 0.151. The minimum atomic E-state index is -0.839. The first-order chi connectivity index (χ1) is 7.99. The second-order valence-corrected chi connectivity index (χ2v) is 5.48. The number of aromatic nitrogens is 1. The number of rotatable bonds is 6. The highest BCUT2D eigenvalue weighted by Crippen LogP contribution is 2.15. The summed E-state index contributed by atoms with van der Waals surface area (Å²) in [5, 5.41) is 13.8. The van der Waals surface area contributed by atoms with E-state index in [1.165, 1.54) is 23.1 Å². The molecule has 0 aromatic carbocycles. The summed E-state index contributed by atoms with van der Waals surface area (Å²) in [6, 6.07) is 0. The van der Waals surface area contributed by atoms with Gasteiger partial charge in [0.1, 0.15) is 0 Å². The first kappa shape index (κ1) is 14.0. The van der Waals surface area contributed by atoms with Crippen molar-refractivity contribution >= 4 is 40.1 Å². The molecule has 0 fully saturated rings. The molecule has 0 aliphatic rings. The summed E-state index contributed by atoms with van der Waals surface area (Å²) in [5.74, 6) is -0.749. The number of carboxylic acid groups (broad SMARTS) is 1. The summed E-state index contributed by atoms with van der Waals surface area (Å²) >= 11 is 2.68. The molecule has 0 radical (unpaired) electrons. The van der Waals surface area contributed by atoms with E-state index < -0.39 is 11.9 Å². The number of carboxylic acids is 1. The molecule has 1 unspecified atom stereocenters. The molecule has 5 nitrogen and oxygen atoms in total. The first-order valence-electron chi connectivity index (χ1n) is 5.01. The van der Waals surface area contributed by atoms with Crippen LogP contribution in [0.5, 0.6) is 0 Å². The quantitative estimate of drug-likeness (QED) is 0.827. The van der Waals surface area contributed by atoms with Crippen molar-refractivity contribution in [1.82, 2.24) is 4.98 Å². The van der Waals surface area contributed by atoms with E-state index in [1.807, 2.05) is 12.3 Å². The van der Waals surface area contributed by atoms with E-state index in [9.17, 15) is 9.59 Å². The van der Waals surface area contributed by atoms with E-state index in [-0.39, 0.29) is 11.7 Å². The molecule has 1 amide bonds. The Kier molecular flexibility index (Phi) is 5.43. The number of carbonyl (C=O) groups is 2. The Morgan fingerprint density at radius 2 is 2.35 bits per heavy atom. The third kappa shape index (κ3) is 5.18. The molecule has 1 aromatic heterocycles. The van der Waals surface area contributed by atoms with E-state index in [1.54, 1.807) is 6.92 Å². The SMILES string of the molecule is Cc1csc(NC(=O)CSCC(C)C(=O)O)n1. The third-order valence-corrected chi connectivity index (χ3v) is 3.97. The van der Waals surface area contributed by atoms with Crippen LogP contribution in [0.2, 0.25) is 0 Å². The summed E-state index contributed by atoms with van der Waals surface area (Å²) in [6.45, 7) is 3.48. The molecule has 1 aromatic rings. The predicted octanol–water partition coefficient (Wildman–Crippen LogP) is 1.84. The molecule has 0 saturated heterocycles. The van der Waals surface area contributed by atoms with Gasteiger partial charge >= 0.3 is 5.97 Å². The molecule has 0 aliphatic carbocycles. The number of hydrogen-bond donors (Lipinski definition) is 2. The molecule has 7 heteroatoms. The van der Waals surface area contributed by atoms with Crippen molar-refractivity contribution in [2.45, 2.75) is 13.8 Å². The topological polar surface area (TPSA) is 79.3 Å². The zero-order valence-corrected chi connectivity index (χ0v) is 11.2. The van der Waals surface area contributed by atoms with Crippen molar-refractivity contribution < 1.29 is 14.7 Å². The van der Waals surface area contributed by atoms with Gasteiger partial charge in [-0.25, -0.2) is 4.98 Å². The van der Waals surface area contributed by atoms with Crippen LogP contribution in [-0.2, 0) is 9.59 Å². The summed E-state index contributed by atoms with van der Waals surface area (Å²) < 4.78 is 0. The first-order valence-corrected chi connectivity index (χ1v) is 7.05. The van der Waals surface area contributed by atoms with Gasteiger partial charge in [0.05, 0.1) is 17.4 Å². The number of hydrogen-bond acceptors (Lipinski definition) is 5. The summed E-state index contributed by atoms with van der Waals surface area (Å²) in [4.78, 5) is 26.1. The van der Waals surface area contributed by atoms with E-state index >= 15 is 0 Å². The van der Waals surface area contributed by atoms with Gasteiger partial charge in [-0.1, -0.05) is 6.92 Å². The summed E-state index contributed by atoms with van der Waals surface area (Å²) in [7, 11) is 0. The minimum Gasteiger partial charge on any atom is -0.481 e. The summed E-state index contributed by atoms with van der Waals surface area (Å²) in [5.41, 5.74) is 0.873. The average molecular weight is 274 g/mol. The molecule has 1 atom stereocenters. The Morgan fingerprint density at radius 1 is 1.65 bits per heavy atom. The second-order valence-electron chi connectivity index (χ2n) is 3.60. The standard InChI is InChI=1S/C10H14N2O3S2/c1-6(9(14)15)3-16-5-8(13)12-10-11-7(2)4-17-10/h4,6H,3,5H2,1-2H3,(H,14,15)(H,11,12,13). The van der Waals surface area contributed by atoms with Gasteiger partial charge in [0.2, 0.25) is 5.91 Å². The van der Waals surface area contributed by atoms with Gasteiger partial charge in [-0.3, -0.25) is 9.59 Å². The van der Waals surface area contributed by atoms with Crippen LogP contribution in [0.1, 0.15) is 12.6 Å². The molecule has 0 bridgehead atoms. The van der Waals surface area contributed by atoms with Crippen LogP contribution < -0.4 is 5.32 Å².